The van der Waals surface area contributed by atoms with Crippen LogP contribution >= 0.6 is 34.8 Å². The van der Waals surface area contributed by atoms with E-state index in [9.17, 15) is 9.59 Å². The largest absolute Gasteiger partial charge is 0.376 e. The fourth-order valence-electron chi connectivity index (χ4n) is 1.62. The van der Waals surface area contributed by atoms with Gasteiger partial charge in [0.25, 0.3) is 5.91 Å². The maximum atomic E-state index is 11.8. The van der Waals surface area contributed by atoms with Crippen molar-refractivity contribution in [3.8, 4) is 0 Å². The SMILES string of the molecule is O=C1NC(c2cc(Cl)c(Cl)cc2Cl)C(=O)N1CO. The molecule has 1 fully saturated rings. The van der Waals surface area contributed by atoms with Crippen LogP contribution in [0.3, 0.4) is 0 Å². The molecule has 1 aliphatic rings. The fraction of sp³-hybridized carbons (Fsp3) is 0.200. The van der Waals surface area contributed by atoms with Gasteiger partial charge in [0.1, 0.15) is 12.8 Å². The molecule has 1 saturated heterocycles. The Kier molecular flexibility index (Phi) is 3.68. The molecular weight excluding hydrogens is 302 g/mol. The topological polar surface area (TPSA) is 69.6 Å². The van der Waals surface area contributed by atoms with E-state index in [1.54, 1.807) is 0 Å². The average Bonchev–Trinajstić information content (AvgIpc) is 2.59. The summed E-state index contributed by atoms with van der Waals surface area (Å²) in [4.78, 5) is 23.9. The van der Waals surface area contributed by atoms with Crippen molar-refractivity contribution in [3.05, 3.63) is 32.8 Å². The number of benzene rings is 1. The van der Waals surface area contributed by atoms with Gasteiger partial charge in [0.2, 0.25) is 0 Å². The Labute approximate surface area is 117 Å². The molecule has 1 aromatic carbocycles. The zero-order valence-corrected chi connectivity index (χ0v) is 11.1. The molecule has 0 bridgehead atoms. The molecule has 1 aliphatic heterocycles. The standard InChI is InChI=1S/C10H7Cl3N2O3/c11-5-2-7(13)6(12)1-4(5)8-9(17)15(3-16)10(18)14-8/h1-2,8,16H,3H2,(H,14,18). The third kappa shape index (κ3) is 2.14. The van der Waals surface area contributed by atoms with Gasteiger partial charge in [-0.15, -0.1) is 0 Å². The van der Waals surface area contributed by atoms with Gasteiger partial charge in [-0.2, -0.15) is 0 Å². The number of rotatable bonds is 2. The van der Waals surface area contributed by atoms with Crippen LogP contribution < -0.4 is 5.32 Å². The molecule has 1 heterocycles. The Morgan fingerprint density at radius 3 is 2.33 bits per heavy atom. The maximum Gasteiger partial charge on any atom is 0.327 e. The van der Waals surface area contributed by atoms with Crippen molar-refractivity contribution in [3.63, 3.8) is 0 Å². The monoisotopic (exact) mass is 308 g/mol. The molecule has 0 saturated carbocycles. The Hall–Kier alpha value is -1.01. The van der Waals surface area contributed by atoms with E-state index < -0.39 is 24.7 Å². The predicted octanol–water partition coefficient (Wildman–Crippen LogP) is 2.19. The minimum absolute atomic E-state index is 0.211. The number of imide groups is 1. The van der Waals surface area contributed by atoms with Crippen molar-refractivity contribution in [2.24, 2.45) is 0 Å². The molecule has 0 radical (unpaired) electrons. The molecule has 8 heteroatoms. The van der Waals surface area contributed by atoms with Gasteiger partial charge in [-0.05, 0) is 12.1 Å². The van der Waals surface area contributed by atoms with E-state index >= 15 is 0 Å². The zero-order valence-electron chi connectivity index (χ0n) is 8.78. The number of carbonyl (C=O) groups excluding carboxylic acids is 2. The molecule has 0 aliphatic carbocycles. The third-order valence-corrected chi connectivity index (χ3v) is 3.57. The number of carbonyl (C=O) groups is 2. The molecule has 2 N–H and O–H groups in total. The lowest BCUT2D eigenvalue weighted by Gasteiger charge is -2.12. The molecule has 96 valence electrons. The maximum absolute atomic E-state index is 11.8. The summed E-state index contributed by atoms with van der Waals surface area (Å²) in [6, 6.07) is 1.15. The van der Waals surface area contributed by atoms with Crippen molar-refractivity contribution >= 4 is 46.7 Å². The Morgan fingerprint density at radius 1 is 1.17 bits per heavy atom. The van der Waals surface area contributed by atoms with Gasteiger partial charge in [0.15, 0.2) is 0 Å². The molecule has 3 amide bonds. The fourth-order valence-corrected chi connectivity index (χ4v) is 2.29. The van der Waals surface area contributed by atoms with Crippen LogP contribution in [0.2, 0.25) is 15.1 Å². The summed E-state index contributed by atoms with van der Waals surface area (Å²) in [5, 5.41) is 12.0. The summed E-state index contributed by atoms with van der Waals surface area (Å²) in [6.45, 7) is -0.694. The van der Waals surface area contributed by atoms with Gasteiger partial charge in [-0.25, -0.2) is 9.69 Å². The summed E-state index contributed by atoms with van der Waals surface area (Å²) >= 11 is 17.6. The third-order valence-electron chi connectivity index (χ3n) is 2.52. The van der Waals surface area contributed by atoms with Gasteiger partial charge in [-0.3, -0.25) is 4.79 Å². The van der Waals surface area contributed by atoms with E-state index in [1.807, 2.05) is 0 Å². The molecule has 1 atom stereocenters. The molecule has 0 spiro atoms. The summed E-state index contributed by atoms with van der Waals surface area (Å²) in [6.07, 6.45) is 0. The van der Waals surface area contributed by atoms with Crippen LogP contribution in [0.25, 0.3) is 0 Å². The Morgan fingerprint density at radius 2 is 1.78 bits per heavy atom. The minimum atomic E-state index is -0.966. The highest BCUT2D eigenvalue weighted by Gasteiger charge is 2.39. The second-order valence-corrected chi connectivity index (χ2v) is 4.80. The van der Waals surface area contributed by atoms with E-state index in [1.165, 1.54) is 12.1 Å². The van der Waals surface area contributed by atoms with Crippen LogP contribution in [0.15, 0.2) is 12.1 Å². The number of hydrogen-bond acceptors (Lipinski definition) is 3. The molecular formula is C10H7Cl3N2O3. The lowest BCUT2D eigenvalue weighted by Crippen LogP contribution is -2.31. The van der Waals surface area contributed by atoms with E-state index in [2.05, 4.69) is 5.32 Å². The first kappa shape index (κ1) is 13.4. The van der Waals surface area contributed by atoms with Gasteiger partial charge >= 0.3 is 6.03 Å². The highest BCUT2D eigenvalue weighted by atomic mass is 35.5. The van der Waals surface area contributed by atoms with E-state index in [4.69, 9.17) is 39.9 Å². The highest BCUT2D eigenvalue weighted by molar-refractivity contribution is 6.43. The summed E-state index contributed by atoms with van der Waals surface area (Å²) in [7, 11) is 0. The minimum Gasteiger partial charge on any atom is -0.376 e. The average molecular weight is 310 g/mol. The van der Waals surface area contributed by atoms with Crippen molar-refractivity contribution in [1.29, 1.82) is 0 Å². The first-order valence-corrected chi connectivity index (χ1v) is 5.96. The van der Waals surface area contributed by atoms with Crippen LogP contribution in [0.4, 0.5) is 4.79 Å². The Balaban J connectivity index is 2.42. The van der Waals surface area contributed by atoms with Crippen LogP contribution in [0.5, 0.6) is 0 Å². The lowest BCUT2D eigenvalue weighted by atomic mass is 10.1. The number of aliphatic hydroxyl groups is 1. The van der Waals surface area contributed by atoms with E-state index in [0.717, 1.165) is 0 Å². The van der Waals surface area contributed by atoms with Crippen molar-refractivity contribution < 1.29 is 14.7 Å². The highest BCUT2D eigenvalue weighted by Crippen LogP contribution is 2.34. The van der Waals surface area contributed by atoms with Crippen LogP contribution in [-0.4, -0.2) is 28.7 Å². The summed E-state index contributed by atoms with van der Waals surface area (Å²) < 4.78 is 0. The first-order valence-electron chi connectivity index (χ1n) is 4.83. The van der Waals surface area contributed by atoms with Crippen molar-refractivity contribution in [2.45, 2.75) is 6.04 Å². The van der Waals surface area contributed by atoms with E-state index in [-0.39, 0.29) is 15.1 Å². The van der Waals surface area contributed by atoms with E-state index in [0.29, 0.717) is 10.5 Å². The molecule has 1 aromatic rings. The number of nitrogens with one attached hydrogen (secondary N) is 1. The Bertz CT molecular complexity index is 535. The second-order valence-electron chi connectivity index (χ2n) is 3.58. The second kappa shape index (κ2) is 4.93. The van der Waals surface area contributed by atoms with Crippen LogP contribution in [-0.2, 0) is 4.79 Å². The number of aliphatic hydroxyl groups excluding tert-OH is 1. The molecule has 0 aromatic heterocycles. The predicted molar refractivity (Wildman–Crippen MR) is 66.7 cm³/mol. The molecule has 1 unspecified atom stereocenters. The van der Waals surface area contributed by atoms with Gasteiger partial charge < -0.3 is 10.4 Å². The number of hydrogen-bond donors (Lipinski definition) is 2. The number of urea groups is 1. The normalized spacial score (nSPS) is 19.3. The molecule has 5 nitrogen and oxygen atoms in total. The molecule has 2 rings (SSSR count). The van der Waals surface area contributed by atoms with Crippen LogP contribution in [0.1, 0.15) is 11.6 Å². The van der Waals surface area contributed by atoms with Crippen molar-refractivity contribution in [1.82, 2.24) is 10.2 Å². The first-order chi connectivity index (χ1) is 8.45. The van der Waals surface area contributed by atoms with Gasteiger partial charge in [0, 0.05) is 10.6 Å². The molecule has 18 heavy (non-hydrogen) atoms. The summed E-state index contributed by atoms with van der Waals surface area (Å²) in [5.41, 5.74) is 0.334. The lowest BCUT2D eigenvalue weighted by molar-refractivity contribution is -0.130. The number of amides is 3. The smallest absolute Gasteiger partial charge is 0.327 e. The quantitative estimate of drug-likeness (QED) is 0.650. The van der Waals surface area contributed by atoms with Gasteiger partial charge in [0.05, 0.1) is 10.0 Å². The zero-order chi connectivity index (χ0) is 13.4. The number of halogens is 3. The van der Waals surface area contributed by atoms with Crippen molar-refractivity contribution in [2.75, 3.05) is 6.73 Å². The summed E-state index contributed by atoms with van der Waals surface area (Å²) in [5.74, 6) is -0.595. The number of nitrogens with zero attached hydrogens (tertiary/aromatic N) is 1. The van der Waals surface area contributed by atoms with Crippen LogP contribution in [0, 0.1) is 0 Å². The van der Waals surface area contributed by atoms with Gasteiger partial charge in [-0.1, -0.05) is 34.8 Å².